The van der Waals surface area contributed by atoms with Gasteiger partial charge in [0.05, 0.1) is 0 Å². The van der Waals surface area contributed by atoms with Crippen molar-refractivity contribution in [3.63, 3.8) is 0 Å². The largest absolute Gasteiger partial charge is 0.328 e. The molecule has 2 aromatic heterocycles. The summed E-state index contributed by atoms with van der Waals surface area (Å²) in [5.74, 6) is 0.712. The van der Waals surface area contributed by atoms with Crippen LogP contribution in [0, 0.1) is 6.92 Å². The fraction of sp³-hybridized carbons (Fsp3) is 0.0625. The highest BCUT2D eigenvalue weighted by molar-refractivity contribution is 5.66. The first-order chi connectivity index (χ1) is 9.72. The van der Waals surface area contributed by atoms with E-state index in [-0.39, 0.29) is 5.56 Å². The van der Waals surface area contributed by atoms with Gasteiger partial charge in [0, 0.05) is 30.2 Å². The molecule has 0 amide bonds. The maximum absolute atomic E-state index is 11.0. The minimum absolute atomic E-state index is 0.0987. The first-order valence-electron chi connectivity index (χ1n) is 6.30. The predicted molar refractivity (Wildman–Crippen MR) is 78.3 cm³/mol. The van der Waals surface area contributed by atoms with Crippen LogP contribution in [0.1, 0.15) is 5.56 Å². The van der Waals surface area contributed by atoms with Crippen molar-refractivity contribution in [1.82, 2.24) is 15.0 Å². The quantitative estimate of drug-likeness (QED) is 0.773. The molecule has 0 spiro atoms. The molecule has 0 radical (unpaired) electrons. The van der Waals surface area contributed by atoms with Crippen LogP contribution in [0.25, 0.3) is 22.5 Å². The summed E-state index contributed by atoms with van der Waals surface area (Å²) in [6.07, 6.45) is 5.32. The molecular formula is C16H13N3O. The molecule has 0 bridgehead atoms. The van der Waals surface area contributed by atoms with Gasteiger partial charge in [-0.1, -0.05) is 24.3 Å². The minimum Gasteiger partial charge on any atom is -0.328 e. The minimum atomic E-state index is -0.0987. The molecule has 0 atom stereocenters. The summed E-state index contributed by atoms with van der Waals surface area (Å²) in [7, 11) is 0. The van der Waals surface area contributed by atoms with Gasteiger partial charge in [-0.05, 0) is 29.7 Å². The Balaban J connectivity index is 1.93. The Morgan fingerprint density at radius 3 is 2.05 bits per heavy atom. The number of aromatic amines is 1. The molecule has 2 heterocycles. The van der Waals surface area contributed by atoms with E-state index >= 15 is 0 Å². The maximum Gasteiger partial charge on any atom is 0.247 e. The van der Waals surface area contributed by atoms with Crippen LogP contribution in [0.3, 0.4) is 0 Å². The monoisotopic (exact) mass is 263 g/mol. The Morgan fingerprint density at radius 2 is 1.45 bits per heavy atom. The third kappa shape index (κ3) is 2.49. The second-order valence-electron chi connectivity index (χ2n) is 4.60. The highest BCUT2D eigenvalue weighted by Crippen LogP contribution is 2.21. The smallest absolute Gasteiger partial charge is 0.247 e. The zero-order valence-electron chi connectivity index (χ0n) is 11.0. The standard InChI is InChI=1S/C16H13N3O/c1-11-8-18-16(19-9-11)13-4-2-12(3-5-13)14-6-7-15(20)17-10-14/h2-10H,1H3,(H,17,20). The summed E-state index contributed by atoms with van der Waals surface area (Å²) in [5, 5.41) is 0. The molecule has 1 aromatic carbocycles. The van der Waals surface area contributed by atoms with Crippen LogP contribution in [0.4, 0.5) is 0 Å². The van der Waals surface area contributed by atoms with Crippen molar-refractivity contribution in [2.75, 3.05) is 0 Å². The summed E-state index contributed by atoms with van der Waals surface area (Å²) in [5.41, 5.74) is 3.92. The van der Waals surface area contributed by atoms with Gasteiger partial charge in [0.15, 0.2) is 5.82 Å². The number of aromatic nitrogens is 3. The van der Waals surface area contributed by atoms with E-state index in [1.807, 2.05) is 31.2 Å². The third-order valence-electron chi connectivity index (χ3n) is 3.04. The normalized spacial score (nSPS) is 10.4. The van der Waals surface area contributed by atoms with Crippen LogP contribution in [-0.4, -0.2) is 15.0 Å². The van der Waals surface area contributed by atoms with Crippen molar-refractivity contribution in [1.29, 1.82) is 0 Å². The second kappa shape index (κ2) is 5.09. The van der Waals surface area contributed by atoms with Gasteiger partial charge in [-0.2, -0.15) is 0 Å². The fourth-order valence-electron chi connectivity index (χ4n) is 1.94. The van der Waals surface area contributed by atoms with E-state index in [0.717, 1.165) is 22.3 Å². The van der Waals surface area contributed by atoms with Crippen LogP contribution in [0.15, 0.2) is 59.8 Å². The summed E-state index contributed by atoms with van der Waals surface area (Å²) in [6.45, 7) is 1.96. The topological polar surface area (TPSA) is 58.6 Å². The van der Waals surface area contributed by atoms with Gasteiger partial charge in [0.25, 0.3) is 0 Å². The molecule has 0 aliphatic heterocycles. The summed E-state index contributed by atoms with van der Waals surface area (Å²) >= 11 is 0. The second-order valence-corrected chi connectivity index (χ2v) is 4.60. The number of nitrogens with one attached hydrogen (secondary N) is 1. The van der Waals surface area contributed by atoms with Crippen LogP contribution in [0.2, 0.25) is 0 Å². The molecule has 0 saturated heterocycles. The molecule has 1 N–H and O–H groups in total. The van der Waals surface area contributed by atoms with Crippen molar-refractivity contribution in [3.05, 3.63) is 70.9 Å². The molecule has 0 unspecified atom stereocenters. The lowest BCUT2D eigenvalue weighted by molar-refractivity contribution is 1.14. The maximum atomic E-state index is 11.0. The number of hydrogen-bond acceptors (Lipinski definition) is 3. The Kier molecular flexibility index (Phi) is 3.13. The van der Waals surface area contributed by atoms with E-state index in [9.17, 15) is 4.79 Å². The lowest BCUT2D eigenvalue weighted by Gasteiger charge is -2.03. The number of nitrogens with zero attached hydrogens (tertiary/aromatic N) is 2. The molecule has 3 aromatic rings. The number of hydrogen-bond donors (Lipinski definition) is 1. The van der Waals surface area contributed by atoms with Crippen molar-refractivity contribution in [2.45, 2.75) is 6.92 Å². The molecule has 3 rings (SSSR count). The molecule has 0 aliphatic rings. The van der Waals surface area contributed by atoms with Crippen LogP contribution in [0.5, 0.6) is 0 Å². The Bertz CT molecular complexity index is 754. The number of aryl methyl sites for hydroxylation is 1. The number of pyridine rings is 1. The third-order valence-corrected chi connectivity index (χ3v) is 3.04. The molecular weight excluding hydrogens is 250 g/mol. The fourth-order valence-corrected chi connectivity index (χ4v) is 1.94. The zero-order valence-corrected chi connectivity index (χ0v) is 11.0. The average molecular weight is 263 g/mol. The van der Waals surface area contributed by atoms with Crippen LogP contribution in [-0.2, 0) is 0 Å². The van der Waals surface area contributed by atoms with Gasteiger partial charge in [-0.15, -0.1) is 0 Å². The van der Waals surface area contributed by atoms with Crippen LogP contribution < -0.4 is 5.56 Å². The molecule has 4 nitrogen and oxygen atoms in total. The molecule has 4 heteroatoms. The van der Waals surface area contributed by atoms with E-state index in [2.05, 4.69) is 15.0 Å². The summed E-state index contributed by atoms with van der Waals surface area (Å²) in [4.78, 5) is 22.3. The van der Waals surface area contributed by atoms with E-state index in [1.165, 1.54) is 6.07 Å². The molecule has 0 aliphatic carbocycles. The Hall–Kier alpha value is -2.75. The molecule has 20 heavy (non-hydrogen) atoms. The van der Waals surface area contributed by atoms with Crippen molar-refractivity contribution in [3.8, 4) is 22.5 Å². The first kappa shape index (κ1) is 12.3. The van der Waals surface area contributed by atoms with Gasteiger partial charge in [0.1, 0.15) is 0 Å². The highest BCUT2D eigenvalue weighted by atomic mass is 16.1. The van der Waals surface area contributed by atoms with E-state index in [1.54, 1.807) is 24.7 Å². The van der Waals surface area contributed by atoms with Gasteiger partial charge < -0.3 is 4.98 Å². The van der Waals surface area contributed by atoms with Crippen molar-refractivity contribution < 1.29 is 0 Å². The number of benzene rings is 1. The SMILES string of the molecule is Cc1cnc(-c2ccc(-c3ccc(=O)[nH]c3)cc2)nc1. The van der Waals surface area contributed by atoms with Gasteiger partial charge in [-0.25, -0.2) is 9.97 Å². The van der Waals surface area contributed by atoms with E-state index in [4.69, 9.17) is 0 Å². The summed E-state index contributed by atoms with van der Waals surface area (Å²) < 4.78 is 0. The Labute approximate surface area is 116 Å². The zero-order chi connectivity index (χ0) is 13.9. The van der Waals surface area contributed by atoms with Gasteiger partial charge >= 0.3 is 0 Å². The van der Waals surface area contributed by atoms with Gasteiger partial charge in [-0.3, -0.25) is 4.79 Å². The highest BCUT2D eigenvalue weighted by Gasteiger charge is 2.02. The van der Waals surface area contributed by atoms with E-state index < -0.39 is 0 Å². The van der Waals surface area contributed by atoms with Crippen molar-refractivity contribution >= 4 is 0 Å². The lowest BCUT2D eigenvalue weighted by atomic mass is 10.1. The number of rotatable bonds is 2. The number of H-pyrrole nitrogens is 1. The Morgan fingerprint density at radius 1 is 0.850 bits per heavy atom. The average Bonchev–Trinajstić information content (AvgIpc) is 2.49. The van der Waals surface area contributed by atoms with Crippen molar-refractivity contribution in [2.24, 2.45) is 0 Å². The molecule has 98 valence electrons. The molecule has 0 saturated carbocycles. The van der Waals surface area contributed by atoms with Crippen LogP contribution >= 0.6 is 0 Å². The van der Waals surface area contributed by atoms with E-state index in [0.29, 0.717) is 5.82 Å². The van der Waals surface area contributed by atoms with Gasteiger partial charge in [0.2, 0.25) is 5.56 Å². The summed E-state index contributed by atoms with van der Waals surface area (Å²) in [6, 6.07) is 11.3. The lowest BCUT2D eigenvalue weighted by Crippen LogP contribution is -2.01. The first-order valence-corrected chi connectivity index (χ1v) is 6.30. The predicted octanol–water partition coefficient (Wildman–Crippen LogP) is 2.81. The molecule has 0 fully saturated rings.